The van der Waals surface area contributed by atoms with E-state index in [0.29, 0.717) is 16.3 Å². The van der Waals surface area contributed by atoms with Crippen LogP contribution >= 0.6 is 11.6 Å². The van der Waals surface area contributed by atoms with Gasteiger partial charge in [0.15, 0.2) is 5.71 Å². The van der Waals surface area contributed by atoms with E-state index in [4.69, 9.17) is 21.3 Å². The number of halogens is 1. The van der Waals surface area contributed by atoms with Crippen LogP contribution in [0.4, 0.5) is 0 Å². The van der Waals surface area contributed by atoms with Crippen LogP contribution in [0.1, 0.15) is 36.1 Å². The van der Waals surface area contributed by atoms with Gasteiger partial charge in [0.25, 0.3) is 5.91 Å². The number of nitrogens with one attached hydrogen (secondary N) is 1. The predicted molar refractivity (Wildman–Crippen MR) is 123 cm³/mol. The summed E-state index contributed by atoms with van der Waals surface area (Å²) in [5, 5.41) is 11.0. The molecule has 0 radical (unpaired) electrons. The number of benzene rings is 2. The number of oxime groups is 2. The van der Waals surface area contributed by atoms with E-state index in [1.165, 1.54) is 14.2 Å². The number of hydrogen-bond donors (Lipinski definition) is 1. The minimum Gasteiger partial charge on any atom is -0.398 e. The molecule has 1 amide bonds. The Morgan fingerprint density at radius 2 is 1.90 bits per heavy atom. The fraction of sp³-hybridized carbons (Fsp3) is 0.208. The van der Waals surface area contributed by atoms with Crippen LogP contribution in [0.15, 0.2) is 52.8 Å². The largest absolute Gasteiger partial charge is 0.398 e. The molecule has 0 saturated heterocycles. The van der Waals surface area contributed by atoms with Crippen LogP contribution < -0.4 is 5.32 Å². The molecule has 0 fully saturated rings. The first-order valence-corrected chi connectivity index (χ1v) is 9.70. The normalized spacial score (nSPS) is 10.9. The molecular weight excluding hydrogens is 414 g/mol. The number of nitrogens with zero attached hydrogens (tertiary/aromatic N) is 2. The summed E-state index contributed by atoms with van der Waals surface area (Å²) in [4.78, 5) is 22.4. The molecule has 0 unspecified atom stereocenters. The van der Waals surface area contributed by atoms with Crippen molar-refractivity contribution in [3.63, 3.8) is 0 Å². The number of hydrogen-bond acceptors (Lipinski definition) is 5. The average Bonchev–Trinajstić information content (AvgIpc) is 2.77. The summed E-state index contributed by atoms with van der Waals surface area (Å²) in [6, 6.07) is 12.6. The summed E-state index contributed by atoms with van der Waals surface area (Å²) in [6.45, 7) is 3.62. The van der Waals surface area contributed by atoms with Crippen LogP contribution in [-0.4, -0.2) is 31.5 Å². The van der Waals surface area contributed by atoms with Crippen LogP contribution in [-0.2, 0) is 21.1 Å². The summed E-state index contributed by atoms with van der Waals surface area (Å²) in [7, 11) is 2.91. The molecular formula is C24H22ClN3O3. The molecule has 6 nitrogen and oxygen atoms in total. The third-order valence-electron chi connectivity index (χ3n) is 3.94. The number of carbonyl (C=O) groups excluding carboxylic acids is 1. The van der Waals surface area contributed by atoms with Gasteiger partial charge in [-0.05, 0) is 38.0 Å². The fourth-order valence-corrected chi connectivity index (χ4v) is 2.71. The van der Waals surface area contributed by atoms with Crippen molar-refractivity contribution in [2.24, 2.45) is 10.3 Å². The quantitative estimate of drug-likeness (QED) is 0.426. The lowest BCUT2D eigenvalue weighted by Crippen LogP contribution is -2.29. The van der Waals surface area contributed by atoms with Gasteiger partial charge in [-0.1, -0.05) is 58.0 Å². The number of likely N-dealkylation sites (N-methyl/N-ethyl adjacent to an activating group) is 1. The lowest BCUT2D eigenvalue weighted by atomic mass is 10.0. The van der Waals surface area contributed by atoms with Gasteiger partial charge in [0.2, 0.25) is 0 Å². The highest BCUT2D eigenvalue weighted by molar-refractivity contribution is 6.45. The van der Waals surface area contributed by atoms with Crippen LogP contribution in [0, 0.1) is 23.7 Å². The highest BCUT2D eigenvalue weighted by atomic mass is 35.5. The second-order valence-corrected chi connectivity index (χ2v) is 6.56. The van der Waals surface area contributed by atoms with E-state index in [-0.39, 0.29) is 18.2 Å². The molecule has 0 aliphatic heterocycles. The predicted octanol–water partition coefficient (Wildman–Crippen LogP) is 3.75. The Kier molecular flexibility index (Phi) is 9.16. The van der Waals surface area contributed by atoms with Gasteiger partial charge in [-0.2, -0.15) is 0 Å². The van der Waals surface area contributed by atoms with Gasteiger partial charge >= 0.3 is 0 Å². The molecule has 0 saturated carbocycles. The molecule has 0 atom stereocenters. The zero-order valence-electron chi connectivity index (χ0n) is 17.7. The molecule has 2 aromatic rings. The monoisotopic (exact) mass is 435 g/mol. The molecule has 0 aliphatic rings. The maximum Gasteiger partial charge on any atom is 0.273 e. The van der Waals surface area contributed by atoms with Crippen molar-refractivity contribution < 1.29 is 14.5 Å². The van der Waals surface area contributed by atoms with Gasteiger partial charge in [-0.25, -0.2) is 0 Å². The smallest absolute Gasteiger partial charge is 0.273 e. The zero-order valence-corrected chi connectivity index (χ0v) is 18.5. The van der Waals surface area contributed by atoms with E-state index in [2.05, 4.69) is 39.3 Å². The summed E-state index contributed by atoms with van der Waals surface area (Å²) in [6.07, 6.45) is 0. The topological polar surface area (TPSA) is 72.3 Å². The molecule has 0 aromatic heterocycles. The molecule has 1 N–H and O–H groups in total. The van der Waals surface area contributed by atoms with Crippen molar-refractivity contribution in [1.29, 1.82) is 0 Å². The van der Waals surface area contributed by atoms with Gasteiger partial charge in [0.1, 0.15) is 19.4 Å². The van der Waals surface area contributed by atoms with Crippen LogP contribution in [0.25, 0.3) is 0 Å². The van der Waals surface area contributed by atoms with Crippen molar-refractivity contribution in [3.05, 3.63) is 69.7 Å². The maximum absolute atomic E-state index is 12.1. The van der Waals surface area contributed by atoms with E-state index in [1.807, 2.05) is 18.2 Å². The molecule has 7 heteroatoms. The van der Waals surface area contributed by atoms with E-state index in [0.717, 1.165) is 16.7 Å². The summed E-state index contributed by atoms with van der Waals surface area (Å²) in [5.41, 5.74) is 3.46. The van der Waals surface area contributed by atoms with Crippen molar-refractivity contribution in [2.75, 3.05) is 14.2 Å². The molecule has 0 aliphatic carbocycles. The van der Waals surface area contributed by atoms with Gasteiger partial charge in [0, 0.05) is 34.3 Å². The Balaban J connectivity index is 2.18. The minimum atomic E-state index is -0.367. The summed E-state index contributed by atoms with van der Waals surface area (Å²) < 4.78 is 0. The lowest BCUT2D eigenvalue weighted by molar-refractivity contribution is -0.114. The Bertz CT molecular complexity index is 1130. The Morgan fingerprint density at radius 3 is 2.61 bits per heavy atom. The number of amides is 1. The van der Waals surface area contributed by atoms with Gasteiger partial charge < -0.3 is 15.0 Å². The van der Waals surface area contributed by atoms with E-state index < -0.39 is 0 Å². The van der Waals surface area contributed by atoms with E-state index >= 15 is 0 Å². The average molecular weight is 436 g/mol. The third kappa shape index (κ3) is 6.92. The van der Waals surface area contributed by atoms with Gasteiger partial charge in [0.05, 0.1) is 0 Å². The Hall–Kier alpha value is -3.74. The van der Waals surface area contributed by atoms with Crippen molar-refractivity contribution in [3.8, 4) is 23.7 Å². The first-order valence-electron chi connectivity index (χ1n) is 9.32. The van der Waals surface area contributed by atoms with Crippen molar-refractivity contribution in [2.45, 2.75) is 20.5 Å². The summed E-state index contributed by atoms with van der Waals surface area (Å²) >= 11 is 6.02. The van der Waals surface area contributed by atoms with Crippen LogP contribution in [0.5, 0.6) is 0 Å². The molecule has 2 rings (SSSR count). The SMILES string of the molecule is CC#Cc1cc(Cl)ccc1C#C/C(C)=N/OCc1ccccc1/C(=N\OC)C(=O)NC. The Morgan fingerprint density at radius 1 is 1.13 bits per heavy atom. The Labute approximate surface area is 187 Å². The van der Waals surface area contributed by atoms with E-state index in [1.54, 1.807) is 38.1 Å². The third-order valence-corrected chi connectivity index (χ3v) is 4.17. The standard InChI is InChI=1S/C24H22ClN3O3/c1-5-8-19-15-21(25)14-13-18(19)12-11-17(2)27-31-16-20-9-6-7-10-22(20)23(28-30-4)24(29)26-3/h6-7,9-10,13-15H,16H2,1-4H3,(H,26,29)/b27-17+,28-23+. The first-order chi connectivity index (χ1) is 15.0. The van der Waals surface area contributed by atoms with Gasteiger partial charge in [-0.3, -0.25) is 4.79 Å². The molecule has 0 spiro atoms. The second-order valence-electron chi connectivity index (χ2n) is 6.12. The van der Waals surface area contributed by atoms with Crippen LogP contribution in [0.3, 0.4) is 0 Å². The minimum absolute atomic E-state index is 0.127. The van der Waals surface area contributed by atoms with Crippen molar-refractivity contribution >= 4 is 28.9 Å². The van der Waals surface area contributed by atoms with Gasteiger partial charge in [-0.15, -0.1) is 5.92 Å². The second kappa shape index (κ2) is 12.1. The molecule has 0 heterocycles. The molecule has 0 bridgehead atoms. The summed E-state index contributed by atoms with van der Waals surface area (Å²) in [5.74, 6) is 11.4. The lowest BCUT2D eigenvalue weighted by Gasteiger charge is -2.09. The van der Waals surface area contributed by atoms with E-state index in [9.17, 15) is 4.79 Å². The first kappa shape index (κ1) is 23.5. The number of carbonyl (C=O) groups is 1. The van der Waals surface area contributed by atoms with Crippen molar-refractivity contribution in [1.82, 2.24) is 5.32 Å². The highest BCUT2D eigenvalue weighted by Crippen LogP contribution is 2.15. The molecule has 2 aromatic carbocycles. The zero-order chi connectivity index (χ0) is 22.6. The maximum atomic E-state index is 12.1. The fourth-order valence-electron chi connectivity index (χ4n) is 2.54. The van der Waals surface area contributed by atoms with Crippen LogP contribution in [0.2, 0.25) is 5.02 Å². The molecule has 31 heavy (non-hydrogen) atoms. The molecule has 158 valence electrons. The highest BCUT2D eigenvalue weighted by Gasteiger charge is 2.17. The number of rotatable bonds is 6.